The molecule has 0 aliphatic heterocycles. The molecule has 5 rings (SSSR count). The fourth-order valence-corrected chi connectivity index (χ4v) is 3.46. The SMILES string of the molecule is c1ccc(-c2ccnc(-c3[nH]c4ccccc4c3-c3ccccc3)n2)cc1. The molecule has 0 atom stereocenters. The highest BCUT2D eigenvalue weighted by Crippen LogP contribution is 2.37. The minimum absolute atomic E-state index is 0.700. The van der Waals surface area contributed by atoms with E-state index in [0.717, 1.165) is 33.6 Å². The van der Waals surface area contributed by atoms with E-state index in [1.54, 1.807) is 0 Å². The molecule has 2 heterocycles. The first kappa shape index (κ1) is 15.5. The van der Waals surface area contributed by atoms with Crippen LogP contribution in [0.1, 0.15) is 0 Å². The molecule has 1 N–H and O–H groups in total. The minimum Gasteiger partial charge on any atom is -0.351 e. The first-order valence-corrected chi connectivity index (χ1v) is 8.95. The van der Waals surface area contributed by atoms with Crippen LogP contribution in [0.2, 0.25) is 0 Å². The quantitative estimate of drug-likeness (QED) is 0.437. The van der Waals surface area contributed by atoms with E-state index in [0.29, 0.717) is 5.82 Å². The van der Waals surface area contributed by atoms with Gasteiger partial charge in [0, 0.05) is 28.2 Å². The molecule has 0 spiro atoms. The summed E-state index contributed by atoms with van der Waals surface area (Å²) in [5.41, 5.74) is 6.31. The Labute approximate surface area is 157 Å². The molecule has 0 bridgehead atoms. The largest absolute Gasteiger partial charge is 0.351 e. The fourth-order valence-electron chi connectivity index (χ4n) is 3.46. The van der Waals surface area contributed by atoms with E-state index in [2.05, 4.69) is 64.6 Å². The topological polar surface area (TPSA) is 41.6 Å². The Morgan fingerprint density at radius 3 is 2.07 bits per heavy atom. The van der Waals surface area contributed by atoms with E-state index in [4.69, 9.17) is 4.98 Å². The van der Waals surface area contributed by atoms with Crippen molar-refractivity contribution in [1.29, 1.82) is 0 Å². The molecular formula is C24H17N3. The number of para-hydroxylation sites is 1. The lowest BCUT2D eigenvalue weighted by Crippen LogP contribution is -1.93. The molecule has 0 fully saturated rings. The summed E-state index contributed by atoms with van der Waals surface area (Å²) in [5, 5.41) is 1.17. The normalized spacial score (nSPS) is 11.0. The summed E-state index contributed by atoms with van der Waals surface area (Å²) in [6.07, 6.45) is 1.82. The van der Waals surface area contributed by atoms with Crippen molar-refractivity contribution in [1.82, 2.24) is 15.0 Å². The number of aromatic nitrogens is 3. The second kappa shape index (κ2) is 6.54. The number of aromatic amines is 1. The van der Waals surface area contributed by atoms with Gasteiger partial charge in [-0.2, -0.15) is 0 Å². The number of nitrogens with zero attached hydrogens (tertiary/aromatic N) is 2. The first-order chi connectivity index (χ1) is 13.4. The highest BCUT2D eigenvalue weighted by Gasteiger charge is 2.17. The van der Waals surface area contributed by atoms with Crippen LogP contribution in [0.15, 0.2) is 97.2 Å². The molecular weight excluding hydrogens is 330 g/mol. The zero-order valence-corrected chi connectivity index (χ0v) is 14.6. The van der Waals surface area contributed by atoms with Gasteiger partial charge in [-0.3, -0.25) is 0 Å². The summed E-state index contributed by atoms with van der Waals surface area (Å²) in [7, 11) is 0. The van der Waals surface area contributed by atoms with Crippen LogP contribution in [0.4, 0.5) is 0 Å². The molecule has 2 aromatic heterocycles. The third-order valence-corrected chi connectivity index (χ3v) is 4.72. The molecule has 0 saturated carbocycles. The van der Waals surface area contributed by atoms with E-state index in [1.165, 1.54) is 5.39 Å². The molecule has 5 aromatic rings. The molecule has 3 heteroatoms. The van der Waals surface area contributed by atoms with Gasteiger partial charge in [-0.25, -0.2) is 9.97 Å². The number of rotatable bonds is 3. The summed E-state index contributed by atoms with van der Waals surface area (Å²) in [6.45, 7) is 0. The molecule has 0 saturated heterocycles. The highest BCUT2D eigenvalue weighted by molar-refractivity contribution is 6.02. The lowest BCUT2D eigenvalue weighted by Gasteiger charge is -2.06. The lowest BCUT2D eigenvalue weighted by molar-refractivity contribution is 1.16. The molecule has 0 aliphatic carbocycles. The van der Waals surface area contributed by atoms with Gasteiger partial charge in [0.25, 0.3) is 0 Å². The zero-order valence-electron chi connectivity index (χ0n) is 14.6. The lowest BCUT2D eigenvalue weighted by atomic mass is 10.0. The summed E-state index contributed by atoms with van der Waals surface area (Å²) in [4.78, 5) is 13.0. The van der Waals surface area contributed by atoms with Crippen LogP contribution in [-0.4, -0.2) is 15.0 Å². The second-order valence-corrected chi connectivity index (χ2v) is 6.42. The summed E-state index contributed by atoms with van der Waals surface area (Å²) in [6, 6.07) is 30.9. The number of nitrogens with one attached hydrogen (secondary N) is 1. The number of benzene rings is 3. The van der Waals surface area contributed by atoms with Crippen LogP contribution in [0.3, 0.4) is 0 Å². The van der Waals surface area contributed by atoms with E-state index in [1.807, 2.05) is 42.6 Å². The maximum absolute atomic E-state index is 4.85. The second-order valence-electron chi connectivity index (χ2n) is 6.42. The molecule has 0 amide bonds. The maximum Gasteiger partial charge on any atom is 0.177 e. The van der Waals surface area contributed by atoms with Crippen molar-refractivity contribution in [3.8, 4) is 33.9 Å². The van der Waals surface area contributed by atoms with Gasteiger partial charge in [-0.1, -0.05) is 78.9 Å². The molecule has 0 unspecified atom stereocenters. The average molecular weight is 347 g/mol. The van der Waals surface area contributed by atoms with Crippen molar-refractivity contribution < 1.29 is 0 Å². The number of hydrogen-bond acceptors (Lipinski definition) is 2. The molecule has 27 heavy (non-hydrogen) atoms. The highest BCUT2D eigenvalue weighted by atomic mass is 14.9. The Balaban J connectivity index is 1.75. The maximum atomic E-state index is 4.85. The summed E-state index contributed by atoms with van der Waals surface area (Å²) in [5.74, 6) is 0.700. The Morgan fingerprint density at radius 1 is 0.630 bits per heavy atom. The Kier molecular flexibility index (Phi) is 3.76. The predicted octanol–water partition coefficient (Wildman–Crippen LogP) is 5.96. The minimum atomic E-state index is 0.700. The molecule has 128 valence electrons. The number of H-pyrrole nitrogens is 1. The van der Waals surface area contributed by atoms with E-state index in [-0.39, 0.29) is 0 Å². The summed E-state index contributed by atoms with van der Waals surface area (Å²) < 4.78 is 0. The van der Waals surface area contributed by atoms with Crippen LogP contribution in [0.25, 0.3) is 44.8 Å². The van der Waals surface area contributed by atoms with Gasteiger partial charge < -0.3 is 4.98 Å². The zero-order chi connectivity index (χ0) is 18.1. The first-order valence-electron chi connectivity index (χ1n) is 8.95. The Morgan fingerprint density at radius 2 is 1.30 bits per heavy atom. The van der Waals surface area contributed by atoms with Crippen LogP contribution in [0.5, 0.6) is 0 Å². The van der Waals surface area contributed by atoms with E-state index < -0.39 is 0 Å². The van der Waals surface area contributed by atoms with Crippen molar-refractivity contribution in [3.05, 3.63) is 97.2 Å². The van der Waals surface area contributed by atoms with Crippen molar-refractivity contribution in [2.24, 2.45) is 0 Å². The monoisotopic (exact) mass is 347 g/mol. The van der Waals surface area contributed by atoms with Crippen LogP contribution < -0.4 is 0 Å². The molecule has 0 aliphatic rings. The Bertz CT molecular complexity index is 1210. The van der Waals surface area contributed by atoms with E-state index >= 15 is 0 Å². The van der Waals surface area contributed by atoms with Gasteiger partial charge in [-0.05, 0) is 17.7 Å². The molecule has 3 aromatic carbocycles. The van der Waals surface area contributed by atoms with Crippen LogP contribution >= 0.6 is 0 Å². The third-order valence-electron chi connectivity index (χ3n) is 4.72. The van der Waals surface area contributed by atoms with Gasteiger partial charge in [0.2, 0.25) is 0 Å². The van der Waals surface area contributed by atoms with Gasteiger partial charge >= 0.3 is 0 Å². The van der Waals surface area contributed by atoms with Crippen molar-refractivity contribution in [3.63, 3.8) is 0 Å². The average Bonchev–Trinajstić information content (AvgIpc) is 3.15. The van der Waals surface area contributed by atoms with Crippen molar-refractivity contribution in [2.45, 2.75) is 0 Å². The fraction of sp³-hybridized carbons (Fsp3) is 0. The van der Waals surface area contributed by atoms with Crippen LogP contribution in [-0.2, 0) is 0 Å². The van der Waals surface area contributed by atoms with Crippen molar-refractivity contribution in [2.75, 3.05) is 0 Å². The standard InChI is InChI=1S/C24H17N3/c1-3-9-17(10-4-1)20-15-16-25-24(27-20)23-22(18-11-5-2-6-12-18)19-13-7-8-14-21(19)26-23/h1-16,26H. The number of hydrogen-bond donors (Lipinski definition) is 1. The van der Waals surface area contributed by atoms with Gasteiger partial charge in [0.15, 0.2) is 5.82 Å². The van der Waals surface area contributed by atoms with Gasteiger partial charge in [-0.15, -0.1) is 0 Å². The third kappa shape index (κ3) is 2.79. The predicted molar refractivity (Wildman–Crippen MR) is 110 cm³/mol. The van der Waals surface area contributed by atoms with E-state index in [9.17, 15) is 0 Å². The smallest absolute Gasteiger partial charge is 0.177 e. The van der Waals surface area contributed by atoms with Crippen molar-refractivity contribution >= 4 is 10.9 Å². The van der Waals surface area contributed by atoms with Gasteiger partial charge in [0.1, 0.15) is 0 Å². The molecule has 0 radical (unpaired) electrons. The molecule has 3 nitrogen and oxygen atoms in total. The van der Waals surface area contributed by atoms with Gasteiger partial charge in [0.05, 0.1) is 11.4 Å². The summed E-state index contributed by atoms with van der Waals surface area (Å²) >= 11 is 0. The van der Waals surface area contributed by atoms with Crippen LogP contribution in [0, 0.1) is 0 Å². The Hall–Kier alpha value is -3.72. The number of fused-ring (bicyclic) bond motifs is 1.